The SMILES string of the molecule is Cc1nc2ccccc2n1CC(=O)NN=Cc1ccc([N+](=O)[O-])cc1. The predicted molar refractivity (Wildman–Crippen MR) is 93.3 cm³/mol. The topological polar surface area (TPSA) is 102 Å². The molecule has 8 nitrogen and oxygen atoms in total. The number of hydrogen-bond acceptors (Lipinski definition) is 5. The number of aromatic nitrogens is 2. The summed E-state index contributed by atoms with van der Waals surface area (Å²) in [6, 6.07) is 13.5. The first kappa shape index (κ1) is 16.3. The number of nitrogens with zero attached hydrogens (tertiary/aromatic N) is 4. The maximum Gasteiger partial charge on any atom is 0.269 e. The van der Waals surface area contributed by atoms with E-state index >= 15 is 0 Å². The average molecular weight is 337 g/mol. The molecule has 0 radical (unpaired) electrons. The monoisotopic (exact) mass is 337 g/mol. The number of hydrazone groups is 1. The second-order valence-corrected chi connectivity index (χ2v) is 5.38. The van der Waals surface area contributed by atoms with E-state index in [0.29, 0.717) is 5.56 Å². The largest absolute Gasteiger partial charge is 0.319 e. The average Bonchev–Trinajstić information content (AvgIpc) is 2.91. The first-order chi connectivity index (χ1) is 12.0. The van der Waals surface area contributed by atoms with E-state index in [1.54, 1.807) is 12.1 Å². The minimum absolute atomic E-state index is 0.00338. The normalized spacial score (nSPS) is 11.1. The van der Waals surface area contributed by atoms with E-state index in [1.165, 1.54) is 18.3 Å². The molecule has 1 aromatic heterocycles. The number of rotatable bonds is 5. The number of fused-ring (bicyclic) bond motifs is 1. The number of carbonyl (C=O) groups excluding carboxylic acids is 1. The molecule has 1 amide bonds. The predicted octanol–water partition coefficient (Wildman–Crippen LogP) is 2.40. The molecule has 126 valence electrons. The Kier molecular flexibility index (Phi) is 4.51. The molecule has 0 unspecified atom stereocenters. The van der Waals surface area contributed by atoms with Crippen molar-refractivity contribution in [3.05, 3.63) is 70.0 Å². The lowest BCUT2D eigenvalue weighted by atomic mass is 10.2. The van der Waals surface area contributed by atoms with E-state index in [1.807, 2.05) is 35.8 Å². The van der Waals surface area contributed by atoms with Crippen molar-refractivity contribution >= 4 is 28.8 Å². The zero-order chi connectivity index (χ0) is 17.8. The van der Waals surface area contributed by atoms with Crippen LogP contribution >= 0.6 is 0 Å². The molecule has 0 fully saturated rings. The first-order valence-electron chi connectivity index (χ1n) is 7.53. The fourth-order valence-corrected chi connectivity index (χ4v) is 2.44. The van der Waals surface area contributed by atoms with Crippen molar-refractivity contribution in [2.24, 2.45) is 5.10 Å². The van der Waals surface area contributed by atoms with Crippen LogP contribution in [0.15, 0.2) is 53.6 Å². The Balaban J connectivity index is 1.64. The van der Waals surface area contributed by atoms with Crippen molar-refractivity contribution < 1.29 is 9.72 Å². The third-order valence-corrected chi connectivity index (χ3v) is 3.65. The van der Waals surface area contributed by atoms with Gasteiger partial charge in [0.25, 0.3) is 11.6 Å². The summed E-state index contributed by atoms with van der Waals surface area (Å²) in [7, 11) is 0. The molecule has 0 aliphatic rings. The van der Waals surface area contributed by atoms with Gasteiger partial charge in [0.15, 0.2) is 0 Å². The Morgan fingerprint density at radius 2 is 2.00 bits per heavy atom. The van der Waals surface area contributed by atoms with Gasteiger partial charge in [-0.2, -0.15) is 5.10 Å². The standard InChI is InChI=1S/C17H15N5O3/c1-12-19-15-4-2-3-5-16(15)21(12)11-17(23)20-18-10-13-6-8-14(9-7-13)22(24)25/h2-10H,11H2,1H3,(H,20,23). The Morgan fingerprint density at radius 3 is 2.72 bits per heavy atom. The van der Waals surface area contributed by atoms with Crippen molar-refractivity contribution in [3.8, 4) is 0 Å². The molecule has 2 aromatic carbocycles. The van der Waals surface area contributed by atoms with Crippen LogP contribution in [-0.4, -0.2) is 26.6 Å². The summed E-state index contributed by atoms with van der Waals surface area (Å²) >= 11 is 0. The third kappa shape index (κ3) is 3.69. The van der Waals surface area contributed by atoms with Gasteiger partial charge < -0.3 is 4.57 Å². The summed E-state index contributed by atoms with van der Waals surface area (Å²) in [4.78, 5) is 26.6. The lowest BCUT2D eigenvalue weighted by Crippen LogP contribution is -2.23. The number of aryl methyl sites for hydroxylation is 1. The molecular formula is C17H15N5O3. The van der Waals surface area contributed by atoms with Crippen LogP contribution in [0, 0.1) is 17.0 Å². The van der Waals surface area contributed by atoms with Crippen LogP contribution in [0.4, 0.5) is 5.69 Å². The van der Waals surface area contributed by atoms with Crippen molar-refractivity contribution in [2.45, 2.75) is 13.5 Å². The van der Waals surface area contributed by atoms with E-state index in [4.69, 9.17) is 0 Å². The van der Waals surface area contributed by atoms with Gasteiger partial charge in [0, 0.05) is 12.1 Å². The molecule has 0 saturated heterocycles. The third-order valence-electron chi connectivity index (χ3n) is 3.65. The van der Waals surface area contributed by atoms with Gasteiger partial charge in [-0.3, -0.25) is 14.9 Å². The molecule has 0 aliphatic heterocycles. The fraction of sp³-hybridized carbons (Fsp3) is 0.118. The number of carbonyl (C=O) groups is 1. The number of hydrogen-bond donors (Lipinski definition) is 1. The Bertz CT molecular complexity index is 960. The van der Waals surface area contributed by atoms with Crippen LogP contribution in [0.2, 0.25) is 0 Å². The summed E-state index contributed by atoms with van der Waals surface area (Å²) in [5.74, 6) is 0.458. The van der Waals surface area contributed by atoms with Crippen LogP contribution in [-0.2, 0) is 11.3 Å². The van der Waals surface area contributed by atoms with Crippen LogP contribution in [0.5, 0.6) is 0 Å². The molecular weight excluding hydrogens is 322 g/mol. The molecule has 3 aromatic rings. The zero-order valence-electron chi connectivity index (χ0n) is 13.4. The van der Waals surface area contributed by atoms with Gasteiger partial charge in [0.2, 0.25) is 0 Å². The maximum atomic E-state index is 12.1. The van der Waals surface area contributed by atoms with E-state index in [9.17, 15) is 14.9 Å². The lowest BCUT2D eigenvalue weighted by Gasteiger charge is -2.05. The smallest absolute Gasteiger partial charge is 0.269 e. The Hall–Kier alpha value is -3.55. The number of benzene rings is 2. The minimum Gasteiger partial charge on any atom is -0.319 e. The van der Waals surface area contributed by atoms with Crippen LogP contribution in [0.3, 0.4) is 0 Å². The number of non-ortho nitro benzene ring substituents is 1. The summed E-state index contributed by atoms with van der Waals surface area (Å²) in [6.07, 6.45) is 1.43. The highest BCUT2D eigenvalue weighted by atomic mass is 16.6. The van der Waals surface area contributed by atoms with E-state index < -0.39 is 4.92 Å². The van der Waals surface area contributed by atoms with Gasteiger partial charge in [-0.1, -0.05) is 12.1 Å². The number of para-hydroxylation sites is 2. The molecule has 3 rings (SSSR count). The van der Waals surface area contributed by atoms with Crippen LogP contribution in [0.25, 0.3) is 11.0 Å². The highest BCUT2D eigenvalue weighted by Gasteiger charge is 2.10. The molecule has 1 N–H and O–H groups in total. The lowest BCUT2D eigenvalue weighted by molar-refractivity contribution is -0.384. The second kappa shape index (κ2) is 6.91. The number of nitrogens with one attached hydrogen (secondary N) is 1. The summed E-state index contributed by atoms with van der Waals surface area (Å²) < 4.78 is 1.81. The summed E-state index contributed by atoms with van der Waals surface area (Å²) in [5.41, 5.74) is 4.82. The van der Waals surface area contributed by atoms with Gasteiger partial charge in [0.1, 0.15) is 12.4 Å². The first-order valence-corrected chi connectivity index (χ1v) is 7.53. The van der Waals surface area contributed by atoms with E-state index in [-0.39, 0.29) is 18.1 Å². The number of amides is 1. The summed E-state index contributed by atoms with van der Waals surface area (Å²) in [6.45, 7) is 1.94. The number of nitro benzene ring substituents is 1. The van der Waals surface area contributed by atoms with Crippen molar-refractivity contribution in [3.63, 3.8) is 0 Å². The molecule has 25 heavy (non-hydrogen) atoms. The molecule has 1 heterocycles. The maximum absolute atomic E-state index is 12.1. The van der Waals surface area contributed by atoms with E-state index in [0.717, 1.165) is 16.9 Å². The quantitative estimate of drug-likeness (QED) is 0.439. The number of nitro groups is 1. The van der Waals surface area contributed by atoms with Gasteiger partial charge in [-0.05, 0) is 36.8 Å². The van der Waals surface area contributed by atoms with Crippen molar-refractivity contribution in [1.29, 1.82) is 0 Å². The fourth-order valence-electron chi connectivity index (χ4n) is 2.44. The van der Waals surface area contributed by atoms with Gasteiger partial charge >= 0.3 is 0 Å². The molecule has 0 spiro atoms. The van der Waals surface area contributed by atoms with Crippen molar-refractivity contribution in [1.82, 2.24) is 15.0 Å². The van der Waals surface area contributed by atoms with E-state index in [2.05, 4.69) is 15.5 Å². The Labute approximate surface area is 142 Å². The zero-order valence-corrected chi connectivity index (χ0v) is 13.4. The second-order valence-electron chi connectivity index (χ2n) is 5.38. The highest BCUT2D eigenvalue weighted by molar-refractivity contribution is 5.84. The number of imidazole rings is 1. The van der Waals surface area contributed by atoms with Gasteiger partial charge in [0.05, 0.1) is 22.2 Å². The molecule has 0 bridgehead atoms. The summed E-state index contributed by atoms with van der Waals surface area (Å²) in [5, 5.41) is 14.5. The van der Waals surface area contributed by atoms with Crippen LogP contribution < -0.4 is 5.43 Å². The van der Waals surface area contributed by atoms with Gasteiger partial charge in [-0.25, -0.2) is 10.4 Å². The molecule has 0 atom stereocenters. The Morgan fingerprint density at radius 1 is 1.28 bits per heavy atom. The molecule has 8 heteroatoms. The minimum atomic E-state index is -0.472. The highest BCUT2D eigenvalue weighted by Crippen LogP contribution is 2.15. The molecule has 0 saturated carbocycles. The van der Waals surface area contributed by atoms with Crippen molar-refractivity contribution in [2.75, 3.05) is 0 Å². The van der Waals surface area contributed by atoms with Gasteiger partial charge in [-0.15, -0.1) is 0 Å². The molecule has 0 aliphatic carbocycles. The van der Waals surface area contributed by atoms with Crippen LogP contribution in [0.1, 0.15) is 11.4 Å².